The van der Waals surface area contributed by atoms with Gasteiger partial charge in [0.25, 0.3) is 0 Å². The smallest absolute Gasteiger partial charge is 0.191 e. The first-order valence-corrected chi connectivity index (χ1v) is 8.68. The first-order valence-electron chi connectivity index (χ1n) is 6.62. The molecule has 0 aliphatic heterocycles. The van der Waals surface area contributed by atoms with Gasteiger partial charge in [0.15, 0.2) is 5.96 Å². The number of nitrogens with zero attached hydrogens (tertiary/aromatic N) is 1. The van der Waals surface area contributed by atoms with Gasteiger partial charge in [0.05, 0.1) is 5.75 Å². The third kappa shape index (κ3) is 10.8. The molecule has 0 aromatic heterocycles. The Morgan fingerprint density at radius 3 is 2.47 bits per heavy atom. The van der Waals surface area contributed by atoms with Gasteiger partial charge in [0, 0.05) is 32.0 Å². The molecule has 0 saturated carbocycles. The molecular formula is C12H27N3O3S. The highest BCUT2D eigenvalue weighted by atomic mass is 32.2. The van der Waals surface area contributed by atoms with Crippen LogP contribution in [0, 0.1) is 5.92 Å². The van der Waals surface area contributed by atoms with Gasteiger partial charge in [-0.05, 0) is 26.2 Å². The van der Waals surface area contributed by atoms with E-state index in [0.29, 0.717) is 18.9 Å². The maximum absolute atomic E-state index is 11.1. The van der Waals surface area contributed by atoms with E-state index in [2.05, 4.69) is 15.6 Å². The maximum atomic E-state index is 11.1. The predicted molar refractivity (Wildman–Crippen MR) is 79.2 cm³/mol. The summed E-state index contributed by atoms with van der Waals surface area (Å²) in [5.74, 6) is 0.929. The van der Waals surface area contributed by atoms with Crippen LogP contribution >= 0.6 is 0 Å². The number of aliphatic hydroxyl groups is 1. The Hall–Kier alpha value is -0.820. The van der Waals surface area contributed by atoms with Crippen molar-refractivity contribution in [1.82, 2.24) is 10.6 Å². The fourth-order valence-corrected chi connectivity index (χ4v) is 2.10. The highest BCUT2D eigenvalue weighted by Gasteiger charge is 2.09. The lowest BCUT2D eigenvalue weighted by Crippen LogP contribution is -2.43. The van der Waals surface area contributed by atoms with Crippen LogP contribution in [-0.4, -0.2) is 57.2 Å². The van der Waals surface area contributed by atoms with Crippen molar-refractivity contribution >= 4 is 15.8 Å². The van der Waals surface area contributed by atoms with Crippen molar-refractivity contribution in [1.29, 1.82) is 0 Å². The largest absolute Gasteiger partial charge is 0.396 e. The van der Waals surface area contributed by atoms with Crippen molar-refractivity contribution in [2.45, 2.75) is 33.2 Å². The fourth-order valence-electron chi connectivity index (χ4n) is 1.32. The summed E-state index contributed by atoms with van der Waals surface area (Å²) in [6.45, 7) is 7.18. The highest BCUT2D eigenvalue weighted by molar-refractivity contribution is 7.90. The second-order valence-electron chi connectivity index (χ2n) is 4.97. The summed E-state index contributed by atoms with van der Waals surface area (Å²) in [5.41, 5.74) is 0. The zero-order valence-electron chi connectivity index (χ0n) is 12.3. The van der Waals surface area contributed by atoms with Crippen LogP contribution in [0.2, 0.25) is 0 Å². The molecule has 0 saturated heterocycles. The van der Waals surface area contributed by atoms with E-state index < -0.39 is 9.84 Å². The van der Waals surface area contributed by atoms with E-state index in [1.807, 2.05) is 20.8 Å². The van der Waals surface area contributed by atoms with E-state index in [4.69, 9.17) is 5.11 Å². The Bertz CT molecular complexity index is 368. The summed E-state index contributed by atoms with van der Waals surface area (Å²) in [6.07, 6.45) is 1.78. The van der Waals surface area contributed by atoms with Gasteiger partial charge in [-0.3, -0.25) is 4.99 Å². The summed E-state index contributed by atoms with van der Waals surface area (Å²) in [4.78, 5) is 4.35. The summed E-state index contributed by atoms with van der Waals surface area (Å²) in [6, 6.07) is 0.0250. The maximum Gasteiger partial charge on any atom is 0.191 e. The van der Waals surface area contributed by atoms with Gasteiger partial charge in [0.1, 0.15) is 9.84 Å². The van der Waals surface area contributed by atoms with Crippen molar-refractivity contribution in [3.63, 3.8) is 0 Å². The number of hydrogen-bond donors (Lipinski definition) is 3. The Labute approximate surface area is 116 Å². The molecule has 7 heteroatoms. The average molecular weight is 293 g/mol. The summed E-state index contributed by atoms with van der Waals surface area (Å²) in [7, 11) is -2.93. The van der Waals surface area contributed by atoms with Gasteiger partial charge in [-0.25, -0.2) is 8.42 Å². The molecule has 0 heterocycles. The van der Waals surface area contributed by atoms with Gasteiger partial charge < -0.3 is 15.7 Å². The standard InChI is InChI=1S/C12H27N3O3S/c1-5-13-12(14-8-10(2)9-16)15-11(3)6-7-19(4,17)18/h10-11,16H,5-9H2,1-4H3,(H2,13,14,15). The molecule has 0 aliphatic rings. The van der Waals surface area contributed by atoms with Crippen LogP contribution in [0.15, 0.2) is 4.99 Å². The zero-order valence-corrected chi connectivity index (χ0v) is 13.1. The van der Waals surface area contributed by atoms with Gasteiger partial charge in [0.2, 0.25) is 0 Å². The van der Waals surface area contributed by atoms with Gasteiger partial charge in [-0.2, -0.15) is 0 Å². The monoisotopic (exact) mass is 293 g/mol. The lowest BCUT2D eigenvalue weighted by atomic mass is 10.2. The van der Waals surface area contributed by atoms with Crippen LogP contribution in [0.5, 0.6) is 0 Å². The van der Waals surface area contributed by atoms with Crippen LogP contribution in [0.1, 0.15) is 27.2 Å². The molecule has 2 unspecified atom stereocenters. The minimum atomic E-state index is -2.93. The van der Waals surface area contributed by atoms with E-state index in [1.54, 1.807) is 0 Å². The molecule has 0 aliphatic carbocycles. The molecule has 0 spiro atoms. The van der Waals surface area contributed by atoms with Crippen molar-refractivity contribution < 1.29 is 13.5 Å². The number of nitrogens with one attached hydrogen (secondary N) is 2. The molecule has 114 valence electrons. The second kappa shape index (κ2) is 9.14. The van der Waals surface area contributed by atoms with Crippen molar-refractivity contribution in [3.05, 3.63) is 0 Å². The highest BCUT2D eigenvalue weighted by Crippen LogP contribution is 1.97. The summed E-state index contributed by atoms with van der Waals surface area (Å²) < 4.78 is 22.2. The van der Waals surface area contributed by atoms with E-state index in [-0.39, 0.29) is 24.3 Å². The Kier molecular flexibility index (Phi) is 8.75. The molecule has 0 aromatic rings. The first kappa shape index (κ1) is 18.2. The minimum absolute atomic E-state index is 0.0250. The third-order valence-electron chi connectivity index (χ3n) is 2.52. The van der Waals surface area contributed by atoms with Gasteiger partial charge in [-0.1, -0.05) is 6.92 Å². The first-order chi connectivity index (χ1) is 8.78. The van der Waals surface area contributed by atoms with Crippen LogP contribution in [-0.2, 0) is 9.84 Å². The van der Waals surface area contributed by atoms with E-state index in [1.165, 1.54) is 6.26 Å². The van der Waals surface area contributed by atoms with Crippen LogP contribution in [0.3, 0.4) is 0 Å². The summed E-state index contributed by atoms with van der Waals surface area (Å²) >= 11 is 0. The molecule has 0 radical (unpaired) electrons. The Morgan fingerprint density at radius 2 is 2.00 bits per heavy atom. The SMILES string of the molecule is CCNC(=NCC(C)CO)NC(C)CCS(C)(=O)=O. The quantitative estimate of drug-likeness (QED) is 0.433. The number of aliphatic hydroxyl groups excluding tert-OH is 1. The molecule has 0 rings (SSSR count). The lowest BCUT2D eigenvalue weighted by molar-refractivity contribution is 0.241. The molecule has 19 heavy (non-hydrogen) atoms. The molecule has 0 aromatic carbocycles. The van der Waals surface area contributed by atoms with Crippen LogP contribution in [0.25, 0.3) is 0 Å². The number of rotatable bonds is 8. The normalized spacial score (nSPS) is 15.9. The predicted octanol–water partition coefficient (Wildman–Crippen LogP) is -0.00690. The number of sulfone groups is 1. The minimum Gasteiger partial charge on any atom is -0.396 e. The van der Waals surface area contributed by atoms with Crippen molar-refractivity contribution in [2.75, 3.05) is 31.7 Å². The molecule has 0 fully saturated rings. The summed E-state index contributed by atoms with van der Waals surface area (Å²) in [5, 5.41) is 15.2. The van der Waals surface area contributed by atoms with Gasteiger partial charge >= 0.3 is 0 Å². The molecule has 6 nitrogen and oxygen atoms in total. The average Bonchev–Trinajstić information content (AvgIpc) is 2.32. The Morgan fingerprint density at radius 1 is 1.37 bits per heavy atom. The third-order valence-corrected chi connectivity index (χ3v) is 3.50. The van der Waals surface area contributed by atoms with E-state index >= 15 is 0 Å². The number of aliphatic imine (C=N–C) groups is 1. The molecule has 0 bridgehead atoms. The van der Waals surface area contributed by atoms with E-state index in [9.17, 15) is 8.42 Å². The van der Waals surface area contributed by atoms with Gasteiger partial charge in [-0.15, -0.1) is 0 Å². The van der Waals surface area contributed by atoms with Crippen molar-refractivity contribution in [2.24, 2.45) is 10.9 Å². The topological polar surface area (TPSA) is 90.8 Å². The number of hydrogen-bond acceptors (Lipinski definition) is 4. The molecule has 3 N–H and O–H groups in total. The van der Waals surface area contributed by atoms with E-state index in [0.717, 1.165) is 6.54 Å². The molecular weight excluding hydrogens is 266 g/mol. The fraction of sp³-hybridized carbons (Fsp3) is 0.917. The second-order valence-corrected chi connectivity index (χ2v) is 7.23. The van der Waals surface area contributed by atoms with Crippen LogP contribution in [0.4, 0.5) is 0 Å². The zero-order chi connectivity index (χ0) is 14.9. The Balaban J connectivity index is 4.32. The van der Waals surface area contributed by atoms with Crippen molar-refractivity contribution in [3.8, 4) is 0 Å². The molecule has 0 amide bonds. The number of guanidine groups is 1. The molecule has 2 atom stereocenters. The lowest BCUT2D eigenvalue weighted by Gasteiger charge is -2.18. The van der Waals surface area contributed by atoms with Crippen LogP contribution < -0.4 is 10.6 Å².